The number of likely N-dealkylation sites (N-methyl/N-ethyl adjacent to an activating group) is 1. The normalized spacial score (nSPS) is 12.0. The Balaban J connectivity index is 2.36. The molecule has 1 aromatic carbocycles. The van der Waals surface area contributed by atoms with Crippen molar-refractivity contribution < 1.29 is 14.0 Å². The molecule has 0 spiro atoms. The van der Waals surface area contributed by atoms with Gasteiger partial charge in [0.25, 0.3) is 0 Å². The molecule has 1 rings (SSSR count). The molecule has 0 saturated heterocycles. The Bertz CT molecular complexity index is 508. The third-order valence-electron chi connectivity index (χ3n) is 3.06. The van der Waals surface area contributed by atoms with Gasteiger partial charge in [-0.15, -0.1) is 0 Å². The summed E-state index contributed by atoms with van der Waals surface area (Å²) in [6.45, 7) is 4.22. The molecule has 0 saturated carbocycles. The minimum atomic E-state index is -0.407. The first kappa shape index (κ1) is 18.1. The van der Waals surface area contributed by atoms with E-state index in [0.717, 1.165) is 12.8 Å². The second-order valence-corrected chi connectivity index (χ2v) is 5.49. The minimum absolute atomic E-state index is 0.0616. The van der Waals surface area contributed by atoms with Crippen molar-refractivity contribution in [3.8, 4) is 0 Å². The first-order valence-electron chi connectivity index (χ1n) is 7.44. The van der Waals surface area contributed by atoms with Gasteiger partial charge in [-0.2, -0.15) is 0 Å². The Morgan fingerprint density at radius 3 is 2.59 bits per heavy atom. The van der Waals surface area contributed by atoms with Crippen molar-refractivity contribution in [1.82, 2.24) is 10.2 Å². The van der Waals surface area contributed by atoms with E-state index in [1.807, 2.05) is 6.92 Å². The van der Waals surface area contributed by atoms with Gasteiger partial charge in [-0.25, -0.2) is 4.39 Å². The van der Waals surface area contributed by atoms with Crippen molar-refractivity contribution >= 4 is 17.5 Å². The fourth-order valence-electron chi connectivity index (χ4n) is 2.14. The Kier molecular flexibility index (Phi) is 7.52. The minimum Gasteiger partial charge on any atom is -0.353 e. The van der Waals surface area contributed by atoms with Crippen LogP contribution in [0.15, 0.2) is 24.3 Å². The number of anilines is 1. The molecule has 0 aliphatic heterocycles. The summed E-state index contributed by atoms with van der Waals surface area (Å²) in [7, 11) is 1.69. The number of benzene rings is 1. The Labute approximate surface area is 130 Å². The molecule has 0 aliphatic rings. The standard InChI is InChI=1S/C16H24FN3O2/c1-4-6-12(2)18-15(21)10-20(3)11-16(22)19-14-8-5-7-13(17)9-14/h5,7-9,12H,4,6,10-11H2,1-3H3,(H,18,21)(H,19,22). The highest BCUT2D eigenvalue weighted by Gasteiger charge is 2.12. The number of rotatable bonds is 8. The fraction of sp³-hybridized carbons (Fsp3) is 0.500. The van der Waals surface area contributed by atoms with Gasteiger partial charge in [0.1, 0.15) is 5.82 Å². The van der Waals surface area contributed by atoms with Crippen molar-refractivity contribution in [1.29, 1.82) is 0 Å². The van der Waals surface area contributed by atoms with Crippen molar-refractivity contribution in [2.24, 2.45) is 0 Å². The first-order valence-corrected chi connectivity index (χ1v) is 7.44. The molecule has 122 valence electrons. The van der Waals surface area contributed by atoms with Crippen molar-refractivity contribution in [2.45, 2.75) is 32.7 Å². The third-order valence-corrected chi connectivity index (χ3v) is 3.06. The predicted octanol–water partition coefficient (Wildman–Crippen LogP) is 2.00. The predicted molar refractivity (Wildman–Crippen MR) is 85.0 cm³/mol. The molecule has 22 heavy (non-hydrogen) atoms. The summed E-state index contributed by atoms with van der Waals surface area (Å²) < 4.78 is 13.0. The van der Waals surface area contributed by atoms with E-state index in [-0.39, 0.29) is 30.9 Å². The first-order chi connectivity index (χ1) is 10.4. The highest BCUT2D eigenvalue weighted by molar-refractivity contribution is 5.92. The molecule has 6 heteroatoms. The van der Waals surface area contributed by atoms with Gasteiger partial charge in [0.2, 0.25) is 11.8 Å². The molecular weight excluding hydrogens is 285 g/mol. The molecule has 2 N–H and O–H groups in total. The molecule has 1 unspecified atom stereocenters. The molecule has 1 aromatic rings. The van der Waals surface area contributed by atoms with Crippen LogP contribution in [0, 0.1) is 5.82 Å². The van der Waals surface area contributed by atoms with Crippen LogP contribution >= 0.6 is 0 Å². The number of halogens is 1. The van der Waals surface area contributed by atoms with Gasteiger partial charge >= 0.3 is 0 Å². The van der Waals surface area contributed by atoms with Crippen LogP contribution in [0.4, 0.5) is 10.1 Å². The summed E-state index contributed by atoms with van der Waals surface area (Å²) in [5.41, 5.74) is 0.402. The Morgan fingerprint density at radius 2 is 1.95 bits per heavy atom. The second kappa shape index (κ2) is 9.15. The highest BCUT2D eigenvalue weighted by atomic mass is 19.1. The van der Waals surface area contributed by atoms with Gasteiger partial charge in [-0.1, -0.05) is 19.4 Å². The lowest BCUT2D eigenvalue weighted by Gasteiger charge is -2.18. The van der Waals surface area contributed by atoms with Gasteiger partial charge < -0.3 is 10.6 Å². The second-order valence-electron chi connectivity index (χ2n) is 5.49. The quantitative estimate of drug-likeness (QED) is 0.772. The fourth-order valence-corrected chi connectivity index (χ4v) is 2.14. The number of hydrogen-bond acceptors (Lipinski definition) is 3. The van der Waals surface area contributed by atoms with Gasteiger partial charge in [0.05, 0.1) is 13.1 Å². The van der Waals surface area contributed by atoms with Gasteiger partial charge in [-0.05, 0) is 38.6 Å². The van der Waals surface area contributed by atoms with Crippen LogP contribution < -0.4 is 10.6 Å². The highest BCUT2D eigenvalue weighted by Crippen LogP contribution is 2.08. The summed E-state index contributed by atoms with van der Waals surface area (Å²) in [5.74, 6) is -0.806. The van der Waals surface area contributed by atoms with Crippen LogP contribution in [0.3, 0.4) is 0 Å². The van der Waals surface area contributed by atoms with Gasteiger partial charge in [-0.3, -0.25) is 14.5 Å². The Morgan fingerprint density at radius 1 is 1.27 bits per heavy atom. The summed E-state index contributed by atoms with van der Waals surface area (Å²) in [6.07, 6.45) is 1.93. The maximum absolute atomic E-state index is 13.0. The average Bonchev–Trinajstić information content (AvgIpc) is 2.37. The van der Waals surface area contributed by atoms with E-state index in [4.69, 9.17) is 0 Å². The Hall–Kier alpha value is -1.95. The van der Waals surface area contributed by atoms with Crippen LogP contribution in [0.5, 0.6) is 0 Å². The molecule has 0 aliphatic carbocycles. The lowest BCUT2D eigenvalue weighted by Crippen LogP contribution is -2.41. The van der Waals surface area contributed by atoms with Crippen LogP contribution in [0.25, 0.3) is 0 Å². The van der Waals surface area contributed by atoms with Crippen LogP contribution in [-0.2, 0) is 9.59 Å². The molecule has 5 nitrogen and oxygen atoms in total. The molecule has 0 bridgehead atoms. The van der Waals surface area contributed by atoms with Crippen LogP contribution in [-0.4, -0.2) is 42.9 Å². The summed E-state index contributed by atoms with van der Waals surface area (Å²) >= 11 is 0. The number of nitrogens with one attached hydrogen (secondary N) is 2. The topological polar surface area (TPSA) is 61.4 Å². The molecule has 1 atom stereocenters. The number of hydrogen-bond donors (Lipinski definition) is 2. The zero-order chi connectivity index (χ0) is 16.5. The molecule has 0 radical (unpaired) electrons. The van der Waals surface area contributed by atoms with E-state index in [1.165, 1.54) is 18.2 Å². The molecule has 2 amide bonds. The zero-order valence-electron chi connectivity index (χ0n) is 13.4. The van der Waals surface area contributed by atoms with Crippen molar-refractivity contribution in [3.63, 3.8) is 0 Å². The zero-order valence-corrected chi connectivity index (χ0v) is 13.4. The van der Waals surface area contributed by atoms with Crippen LogP contribution in [0.1, 0.15) is 26.7 Å². The van der Waals surface area contributed by atoms with E-state index in [2.05, 4.69) is 17.6 Å². The largest absolute Gasteiger partial charge is 0.353 e. The van der Waals surface area contributed by atoms with E-state index >= 15 is 0 Å². The number of carbonyl (C=O) groups is 2. The SMILES string of the molecule is CCCC(C)NC(=O)CN(C)CC(=O)Nc1cccc(F)c1. The third kappa shape index (κ3) is 7.17. The number of amides is 2. The van der Waals surface area contributed by atoms with Crippen molar-refractivity contribution in [2.75, 3.05) is 25.5 Å². The van der Waals surface area contributed by atoms with Crippen LogP contribution in [0.2, 0.25) is 0 Å². The average molecular weight is 309 g/mol. The number of carbonyl (C=O) groups excluding carboxylic acids is 2. The van der Waals surface area contributed by atoms with E-state index in [0.29, 0.717) is 5.69 Å². The summed E-state index contributed by atoms with van der Waals surface area (Å²) in [4.78, 5) is 25.2. The molecular formula is C16H24FN3O2. The number of nitrogens with zero attached hydrogens (tertiary/aromatic N) is 1. The van der Waals surface area contributed by atoms with E-state index in [1.54, 1.807) is 18.0 Å². The molecule has 0 fully saturated rings. The smallest absolute Gasteiger partial charge is 0.238 e. The van der Waals surface area contributed by atoms with Crippen molar-refractivity contribution in [3.05, 3.63) is 30.1 Å². The maximum Gasteiger partial charge on any atom is 0.238 e. The monoisotopic (exact) mass is 309 g/mol. The lowest BCUT2D eigenvalue weighted by molar-refractivity contribution is -0.123. The summed E-state index contributed by atoms with van der Waals surface area (Å²) in [5, 5.41) is 5.48. The molecule has 0 heterocycles. The van der Waals surface area contributed by atoms with Gasteiger partial charge in [0, 0.05) is 11.7 Å². The van der Waals surface area contributed by atoms with E-state index < -0.39 is 5.82 Å². The lowest BCUT2D eigenvalue weighted by atomic mass is 10.2. The van der Waals surface area contributed by atoms with Gasteiger partial charge in [0.15, 0.2) is 0 Å². The summed E-state index contributed by atoms with van der Waals surface area (Å²) in [6, 6.07) is 5.82. The van der Waals surface area contributed by atoms with E-state index in [9.17, 15) is 14.0 Å². The molecule has 0 aromatic heterocycles. The maximum atomic E-state index is 13.0.